The maximum atomic E-state index is 13.0. The summed E-state index contributed by atoms with van der Waals surface area (Å²) in [6, 6.07) is 14.0. The van der Waals surface area contributed by atoms with Gasteiger partial charge in [0, 0.05) is 36.8 Å². The Labute approximate surface area is 207 Å². The minimum atomic E-state index is -0.545. The summed E-state index contributed by atoms with van der Waals surface area (Å²) in [5.41, 5.74) is 4.17. The third-order valence-corrected chi connectivity index (χ3v) is 6.02. The van der Waals surface area contributed by atoms with E-state index in [0.717, 1.165) is 11.1 Å². The number of hydrogen-bond donors (Lipinski definition) is 1. The quantitative estimate of drug-likeness (QED) is 0.540. The maximum absolute atomic E-state index is 13.0. The number of carbonyl (C=O) groups excluding carboxylic acids is 2. The van der Waals surface area contributed by atoms with E-state index in [0.29, 0.717) is 31.0 Å². The predicted molar refractivity (Wildman–Crippen MR) is 137 cm³/mol. The summed E-state index contributed by atoms with van der Waals surface area (Å²) < 4.78 is 7.52. The molecule has 1 aromatic heterocycles. The van der Waals surface area contributed by atoms with E-state index in [-0.39, 0.29) is 17.4 Å². The lowest BCUT2D eigenvalue weighted by Gasteiger charge is -2.40. The summed E-state index contributed by atoms with van der Waals surface area (Å²) >= 11 is 0. The minimum absolute atomic E-state index is 0.209. The SMILES string of the molecule is Cc1cccc(Cn2cnc(NC(=O)c3ccc4c(c3)C(C)(C)CN(C(=O)OC(C)(C)C)C4)c2)c1. The summed E-state index contributed by atoms with van der Waals surface area (Å²) in [7, 11) is 0. The van der Waals surface area contributed by atoms with Crippen LogP contribution in [0, 0.1) is 6.92 Å². The molecule has 3 aromatic rings. The summed E-state index contributed by atoms with van der Waals surface area (Å²) in [6.45, 7) is 13.5. The highest BCUT2D eigenvalue weighted by atomic mass is 16.6. The number of aromatic nitrogens is 2. The number of aryl methyl sites for hydroxylation is 1. The molecule has 2 amide bonds. The summed E-state index contributed by atoms with van der Waals surface area (Å²) in [5, 5.41) is 2.91. The largest absolute Gasteiger partial charge is 0.444 e. The Hall–Kier alpha value is -3.61. The molecular formula is C28H34N4O3. The van der Waals surface area contributed by atoms with Gasteiger partial charge in [0.2, 0.25) is 0 Å². The Kier molecular flexibility index (Phi) is 6.45. The van der Waals surface area contributed by atoms with Crippen LogP contribution in [0.2, 0.25) is 0 Å². The van der Waals surface area contributed by atoms with E-state index in [1.807, 2.05) is 49.7 Å². The highest BCUT2D eigenvalue weighted by Gasteiger charge is 2.36. The van der Waals surface area contributed by atoms with Crippen LogP contribution >= 0.6 is 0 Å². The van der Waals surface area contributed by atoms with Gasteiger partial charge in [0.05, 0.1) is 6.33 Å². The number of ether oxygens (including phenoxy) is 1. The first-order valence-corrected chi connectivity index (χ1v) is 11.9. The van der Waals surface area contributed by atoms with Gasteiger partial charge in [0.25, 0.3) is 5.91 Å². The van der Waals surface area contributed by atoms with Crippen LogP contribution < -0.4 is 5.32 Å². The second-order valence-corrected chi connectivity index (χ2v) is 11.0. The number of fused-ring (bicyclic) bond motifs is 1. The van der Waals surface area contributed by atoms with Crippen molar-refractivity contribution in [1.29, 1.82) is 0 Å². The number of amides is 2. The lowest BCUT2D eigenvalue weighted by Crippen LogP contribution is -2.47. The van der Waals surface area contributed by atoms with Crippen LogP contribution in [0.1, 0.15) is 67.2 Å². The monoisotopic (exact) mass is 474 g/mol. The number of benzene rings is 2. The first-order chi connectivity index (χ1) is 16.4. The fourth-order valence-electron chi connectivity index (χ4n) is 4.49. The predicted octanol–water partition coefficient (Wildman–Crippen LogP) is 5.52. The van der Waals surface area contributed by atoms with Crippen molar-refractivity contribution in [2.24, 2.45) is 0 Å². The lowest BCUT2D eigenvalue weighted by molar-refractivity contribution is 0.0174. The van der Waals surface area contributed by atoms with Crippen molar-refractivity contribution in [3.63, 3.8) is 0 Å². The van der Waals surface area contributed by atoms with E-state index in [2.05, 4.69) is 49.3 Å². The Bertz CT molecular complexity index is 1250. The number of hydrogen-bond acceptors (Lipinski definition) is 4. The average molecular weight is 475 g/mol. The third-order valence-electron chi connectivity index (χ3n) is 6.02. The summed E-state index contributed by atoms with van der Waals surface area (Å²) in [4.78, 5) is 31.7. The second-order valence-electron chi connectivity index (χ2n) is 11.0. The Balaban J connectivity index is 1.46. The van der Waals surface area contributed by atoms with Crippen molar-refractivity contribution in [2.75, 3.05) is 11.9 Å². The van der Waals surface area contributed by atoms with Crippen LogP contribution in [-0.2, 0) is 23.2 Å². The Morgan fingerprint density at radius 2 is 1.91 bits per heavy atom. The van der Waals surface area contributed by atoms with Crippen molar-refractivity contribution in [2.45, 2.75) is 65.6 Å². The van der Waals surface area contributed by atoms with Crippen LogP contribution in [0.3, 0.4) is 0 Å². The van der Waals surface area contributed by atoms with E-state index in [1.165, 1.54) is 11.1 Å². The molecule has 0 spiro atoms. The number of imidazole rings is 1. The molecule has 1 N–H and O–H groups in total. The van der Waals surface area contributed by atoms with Gasteiger partial charge < -0.3 is 19.5 Å². The molecule has 0 saturated heterocycles. The number of anilines is 1. The molecule has 7 nitrogen and oxygen atoms in total. The molecule has 0 saturated carbocycles. The van der Waals surface area contributed by atoms with Crippen molar-refractivity contribution >= 4 is 17.8 Å². The van der Waals surface area contributed by atoms with Crippen LogP contribution in [0.15, 0.2) is 55.0 Å². The smallest absolute Gasteiger partial charge is 0.410 e. The van der Waals surface area contributed by atoms with Crippen molar-refractivity contribution in [3.05, 3.63) is 82.8 Å². The summed E-state index contributed by atoms with van der Waals surface area (Å²) in [6.07, 6.45) is 3.24. The van der Waals surface area contributed by atoms with E-state index in [1.54, 1.807) is 17.3 Å². The van der Waals surface area contributed by atoms with Crippen LogP contribution in [0.25, 0.3) is 0 Å². The van der Waals surface area contributed by atoms with Crippen LogP contribution in [0.4, 0.5) is 10.6 Å². The Morgan fingerprint density at radius 1 is 1.14 bits per heavy atom. The Morgan fingerprint density at radius 3 is 2.63 bits per heavy atom. The van der Waals surface area contributed by atoms with Gasteiger partial charge >= 0.3 is 6.09 Å². The standard InChI is InChI=1S/C28H34N4O3/c1-19-8-7-9-20(12-19)14-31-16-24(29-18-31)30-25(33)21-10-11-22-15-32(26(34)35-27(2,3)4)17-28(5,6)23(22)13-21/h7-13,16,18H,14-15,17H2,1-6H3,(H,30,33). The van der Waals surface area contributed by atoms with Crippen molar-refractivity contribution in [1.82, 2.24) is 14.5 Å². The minimum Gasteiger partial charge on any atom is -0.444 e. The zero-order valence-corrected chi connectivity index (χ0v) is 21.4. The van der Waals surface area contributed by atoms with Gasteiger partial charge in [-0.3, -0.25) is 4.79 Å². The molecule has 0 bridgehead atoms. The number of nitrogens with one attached hydrogen (secondary N) is 1. The molecular weight excluding hydrogens is 440 g/mol. The van der Waals surface area contributed by atoms with Gasteiger partial charge in [-0.15, -0.1) is 0 Å². The molecule has 0 aliphatic carbocycles. The van der Waals surface area contributed by atoms with E-state index < -0.39 is 5.60 Å². The molecule has 184 valence electrons. The molecule has 0 radical (unpaired) electrons. The zero-order valence-electron chi connectivity index (χ0n) is 21.4. The molecule has 1 aliphatic rings. The lowest BCUT2D eigenvalue weighted by atomic mass is 9.77. The molecule has 35 heavy (non-hydrogen) atoms. The van der Waals surface area contributed by atoms with Gasteiger partial charge in [-0.2, -0.15) is 0 Å². The molecule has 0 unspecified atom stereocenters. The van der Waals surface area contributed by atoms with E-state index >= 15 is 0 Å². The zero-order chi connectivity index (χ0) is 25.4. The van der Waals surface area contributed by atoms with Crippen LogP contribution in [-0.4, -0.2) is 38.6 Å². The van der Waals surface area contributed by atoms with E-state index in [4.69, 9.17) is 4.74 Å². The van der Waals surface area contributed by atoms with Crippen molar-refractivity contribution in [3.8, 4) is 0 Å². The van der Waals surface area contributed by atoms with Crippen LogP contribution in [0.5, 0.6) is 0 Å². The highest BCUT2D eigenvalue weighted by Crippen LogP contribution is 2.35. The van der Waals surface area contributed by atoms with Gasteiger partial charge in [-0.1, -0.05) is 49.7 Å². The van der Waals surface area contributed by atoms with Gasteiger partial charge in [0.15, 0.2) is 5.82 Å². The molecule has 7 heteroatoms. The summed E-state index contributed by atoms with van der Waals surface area (Å²) in [5.74, 6) is 0.301. The topological polar surface area (TPSA) is 76.5 Å². The van der Waals surface area contributed by atoms with Gasteiger partial charge in [-0.05, 0) is 56.5 Å². The normalized spacial score (nSPS) is 14.9. The molecule has 4 rings (SSSR count). The first-order valence-electron chi connectivity index (χ1n) is 11.9. The third kappa shape index (κ3) is 5.91. The second kappa shape index (κ2) is 9.21. The molecule has 0 atom stereocenters. The molecule has 1 aliphatic heterocycles. The van der Waals surface area contributed by atoms with Gasteiger partial charge in [0.1, 0.15) is 5.60 Å². The highest BCUT2D eigenvalue weighted by molar-refractivity contribution is 6.04. The number of nitrogens with zero attached hydrogens (tertiary/aromatic N) is 3. The molecule has 2 aromatic carbocycles. The molecule has 2 heterocycles. The number of rotatable bonds is 4. The fourth-order valence-corrected chi connectivity index (χ4v) is 4.49. The number of carbonyl (C=O) groups is 2. The van der Waals surface area contributed by atoms with Gasteiger partial charge in [-0.25, -0.2) is 9.78 Å². The van der Waals surface area contributed by atoms with Crippen molar-refractivity contribution < 1.29 is 14.3 Å². The first kappa shape index (κ1) is 24.5. The fraction of sp³-hybridized carbons (Fsp3) is 0.393. The maximum Gasteiger partial charge on any atom is 0.410 e. The van der Waals surface area contributed by atoms with E-state index in [9.17, 15) is 9.59 Å². The average Bonchev–Trinajstić information content (AvgIpc) is 3.18. The molecule has 0 fully saturated rings.